The first kappa shape index (κ1) is 17.2. The highest BCUT2D eigenvalue weighted by Crippen LogP contribution is 2.12. The van der Waals surface area contributed by atoms with E-state index in [-0.39, 0.29) is 25.7 Å². The van der Waals surface area contributed by atoms with Gasteiger partial charge >= 0.3 is 0 Å². The van der Waals surface area contributed by atoms with Gasteiger partial charge in [-0.15, -0.1) is 0 Å². The molecule has 0 aromatic heterocycles. The first-order valence-electron chi connectivity index (χ1n) is 6.73. The number of aryl methyl sites for hydroxylation is 1. The highest BCUT2D eigenvalue weighted by Gasteiger charge is 2.15. The average Bonchev–Trinajstić information content (AvgIpc) is 2.49. The van der Waals surface area contributed by atoms with Gasteiger partial charge in [0, 0.05) is 31.3 Å². The smallest absolute Gasteiger partial charge is 0.254 e. The zero-order valence-corrected chi connectivity index (χ0v) is 12.4. The van der Waals surface area contributed by atoms with Crippen LogP contribution in [-0.2, 0) is 4.74 Å². The van der Waals surface area contributed by atoms with Gasteiger partial charge in [-0.25, -0.2) is 0 Å². The van der Waals surface area contributed by atoms with Crippen molar-refractivity contribution in [2.24, 2.45) is 0 Å². The molecule has 5 heteroatoms. The van der Waals surface area contributed by atoms with Crippen molar-refractivity contribution in [2.45, 2.75) is 6.92 Å². The van der Waals surface area contributed by atoms with Gasteiger partial charge in [-0.1, -0.05) is 11.8 Å². The van der Waals surface area contributed by atoms with Gasteiger partial charge in [-0.3, -0.25) is 4.79 Å². The molecule has 1 aromatic carbocycles. The molecular weight excluding hydrogens is 270 g/mol. The fraction of sp³-hybridized carbons (Fsp3) is 0.438. The van der Waals surface area contributed by atoms with E-state index in [9.17, 15) is 4.79 Å². The number of hydrogen-bond acceptors (Lipinski definition) is 4. The highest BCUT2D eigenvalue weighted by atomic mass is 16.5. The van der Waals surface area contributed by atoms with Gasteiger partial charge in [0.2, 0.25) is 0 Å². The summed E-state index contributed by atoms with van der Waals surface area (Å²) in [6, 6.07) is 5.23. The number of amides is 1. The summed E-state index contributed by atoms with van der Waals surface area (Å²) >= 11 is 0. The molecule has 2 N–H and O–H groups in total. The number of carbonyl (C=O) groups excluding carboxylic acids is 1. The molecule has 21 heavy (non-hydrogen) atoms. The Kier molecular flexibility index (Phi) is 7.48. The van der Waals surface area contributed by atoms with Crippen LogP contribution in [0.4, 0.5) is 0 Å². The Bertz CT molecular complexity index is 531. The van der Waals surface area contributed by atoms with E-state index in [1.165, 1.54) is 0 Å². The van der Waals surface area contributed by atoms with E-state index in [0.29, 0.717) is 18.7 Å². The number of rotatable bonds is 6. The third-order valence-corrected chi connectivity index (χ3v) is 3.00. The summed E-state index contributed by atoms with van der Waals surface area (Å²) in [6.45, 7) is 2.71. The van der Waals surface area contributed by atoms with Gasteiger partial charge in [0.25, 0.3) is 5.91 Å². The Labute approximate surface area is 125 Å². The quantitative estimate of drug-likeness (QED) is 0.745. The molecule has 0 saturated heterocycles. The maximum absolute atomic E-state index is 12.4. The van der Waals surface area contributed by atoms with Crippen molar-refractivity contribution in [3.05, 3.63) is 34.9 Å². The summed E-state index contributed by atoms with van der Waals surface area (Å²) in [5, 5.41) is 17.8. The Morgan fingerprint density at radius 2 is 2.10 bits per heavy atom. The van der Waals surface area contributed by atoms with Crippen LogP contribution >= 0.6 is 0 Å². The number of methoxy groups -OCH3 is 1. The van der Waals surface area contributed by atoms with Crippen molar-refractivity contribution >= 4 is 5.91 Å². The molecule has 0 fully saturated rings. The molecule has 0 heterocycles. The molecule has 0 aliphatic heterocycles. The van der Waals surface area contributed by atoms with E-state index < -0.39 is 0 Å². The number of aliphatic hydroxyl groups is 2. The first-order valence-corrected chi connectivity index (χ1v) is 6.73. The molecule has 0 aliphatic carbocycles. The molecule has 0 aliphatic rings. The van der Waals surface area contributed by atoms with Gasteiger partial charge in [-0.2, -0.15) is 0 Å². The van der Waals surface area contributed by atoms with E-state index in [1.807, 2.05) is 6.92 Å². The van der Waals surface area contributed by atoms with Crippen molar-refractivity contribution in [2.75, 3.05) is 40.0 Å². The largest absolute Gasteiger partial charge is 0.395 e. The second-order valence-corrected chi connectivity index (χ2v) is 4.50. The normalized spacial score (nSPS) is 9.90. The van der Waals surface area contributed by atoms with Crippen LogP contribution in [0.25, 0.3) is 0 Å². The Hall–Kier alpha value is -1.87. The number of aliphatic hydroxyl groups excluding tert-OH is 2. The molecule has 1 amide bonds. The van der Waals surface area contributed by atoms with Gasteiger partial charge < -0.3 is 19.8 Å². The minimum absolute atomic E-state index is 0.0888. The predicted molar refractivity (Wildman–Crippen MR) is 80.0 cm³/mol. The minimum atomic E-state index is -0.193. The summed E-state index contributed by atoms with van der Waals surface area (Å²) in [4.78, 5) is 14.0. The standard InChI is InChI=1S/C16H21NO4/c1-13-12-15(6-5-14(13)4-3-9-18)16(20)17(7-10-19)8-11-21-2/h5-6,12,18-19H,7-11H2,1-2H3. The molecular formula is C16H21NO4. The van der Waals surface area contributed by atoms with Crippen LogP contribution in [0.5, 0.6) is 0 Å². The van der Waals surface area contributed by atoms with Crippen molar-refractivity contribution in [1.82, 2.24) is 4.90 Å². The van der Waals surface area contributed by atoms with Crippen LogP contribution in [0.1, 0.15) is 21.5 Å². The van der Waals surface area contributed by atoms with E-state index in [0.717, 1.165) is 11.1 Å². The van der Waals surface area contributed by atoms with E-state index >= 15 is 0 Å². The number of nitrogens with zero attached hydrogens (tertiary/aromatic N) is 1. The monoisotopic (exact) mass is 291 g/mol. The summed E-state index contributed by atoms with van der Waals surface area (Å²) in [6.07, 6.45) is 0. The average molecular weight is 291 g/mol. The fourth-order valence-corrected chi connectivity index (χ4v) is 1.89. The fourth-order valence-electron chi connectivity index (χ4n) is 1.89. The Morgan fingerprint density at radius 3 is 2.67 bits per heavy atom. The van der Waals surface area contributed by atoms with Crippen molar-refractivity contribution < 1.29 is 19.7 Å². The third kappa shape index (κ3) is 5.20. The molecule has 5 nitrogen and oxygen atoms in total. The summed E-state index contributed by atoms with van der Waals surface area (Å²) in [5.74, 6) is 5.27. The lowest BCUT2D eigenvalue weighted by atomic mass is 10.0. The lowest BCUT2D eigenvalue weighted by Gasteiger charge is -2.21. The van der Waals surface area contributed by atoms with Gasteiger partial charge in [-0.05, 0) is 30.7 Å². The van der Waals surface area contributed by atoms with Gasteiger partial charge in [0.05, 0.1) is 13.2 Å². The molecule has 0 radical (unpaired) electrons. The second-order valence-electron chi connectivity index (χ2n) is 4.50. The van der Waals surface area contributed by atoms with E-state index in [1.54, 1.807) is 30.2 Å². The molecule has 1 rings (SSSR count). The molecule has 1 aromatic rings. The number of ether oxygens (including phenoxy) is 1. The maximum Gasteiger partial charge on any atom is 0.254 e. The maximum atomic E-state index is 12.4. The predicted octanol–water partition coefficient (Wildman–Crippen LogP) is 0.420. The lowest BCUT2D eigenvalue weighted by molar-refractivity contribution is 0.0656. The van der Waals surface area contributed by atoms with E-state index in [4.69, 9.17) is 14.9 Å². The first-order chi connectivity index (χ1) is 10.1. The van der Waals surface area contributed by atoms with Crippen LogP contribution in [0.3, 0.4) is 0 Å². The second kappa shape index (κ2) is 9.14. The van der Waals surface area contributed by atoms with Crippen LogP contribution in [0.2, 0.25) is 0 Å². The molecule has 0 atom stereocenters. The number of hydrogen-bond donors (Lipinski definition) is 2. The summed E-state index contributed by atoms with van der Waals surface area (Å²) in [5.41, 5.74) is 2.20. The molecule has 0 spiro atoms. The van der Waals surface area contributed by atoms with Crippen LogP contribution in [0, 0.1) is 18.8 Å². The molecule has 0 bridgehead atoms. The minimum Gasteiger partial charge on any atom is -0.395 e. The third-order valence-electron chi connectivity index (χ3n) is 3.00. The Balaban J connectivity index is 2.92. The summed E-state index contributed by atoms with van der Waals surface area (Å²) < 4.78 is 4.97. The molecule has 114 valence electrons. The van der Waals surface area contributed by atoms with Crippen LogP contribution in [-0.4, -0.2) is 61.0 Å². The zero-order valence-electron chi connectivity index (χ0n) is 12.4. The molecule has 0 unspecified atom stereocenters. The van der Waals surface area contributed by atoms with Crippen molar-refractivity contribution in [3.63, 3.8) is 0 Å². The SMILES string of the molecule is COCCN(CCO)C(=O)c1ccc(C#CCO)c(C)c1. The van der Waals surface area contributed by atoms with Crippen LogP contribution in [0.15, 0.2) is 18.2 Å². The number of carbonyl (C=O) groups is 1. The highest BCUT2D eigenvalue weighted by molar-refractivity contribution is 5.94. The number of benzene rings is 1. The van der Waals surface area contributed by atoms with E-state index in [2.05, 4.69) is 11.8 Å². The lowest BCUT2D eigenvalue weighted by Crippen LogP contribution is -2.36. The van der Waals surface area contributed by atoms with Crippen LogP contribution < -0.4 is 0 Å². The van der Waals surface area contributed by atoms with Crippen molar-refractivity contribution in [3.8, 4) is 11.8 Å². The molecule has 0 saturated carbocycles. The Morgan fingerprint density at radius 1 is 1.33 bits per heavy atom. The summed E-state index contributed by atoms with van der Waals surface area (Å²) in [7, 11) is 1.57. The van der Waals surface area contributed by atoms with Crippen molar-refractivity contribution in [1.29, 1.82) is 0 Å². The van der Waals surface area contributed by atoms with Gasteiger partial charge in [0.1, 0.15) is 6.61 Å². The zero-order chi connectivity index (χ0) is 15.7. The van der Waals surface area contributed by atoms with Gasteiger partial charge in [0.15, 0.2) is 0 Å². The topological polar surface area (TPSA) is 70.0 Å².